The van der Waals surface area contributed by atoms with Crippen molar-refractivity contribution in [3.05, 3.63) is 0 Å². The van der Waals surface area contributed by atoms with Gasteiger partial charge in [-0.25, -0.2) is 4.79 Å². The number of amides is 1. The summed E-state index contributed by atoms with van der Waals surface area (Å²) >= 11 is 0. The molecular weight excluding hydrogens is 350 g/mol. The van der Waals surface area contributed by atoms with Crippen LogP contribution in [-0.2, 0) is 28.5 Å². The average molecular weight is 379 g/mol. The first-order valence-electron chi connectivity index (χ1n) is 8.64. The first-order valence-corrected chi connectivity index (χ1v) is 10.5. The lowest BCUT2D eigenvalue weighted by Gasteiger charge is -2.28. The number of hydrogen-bond donors (Lipinski definition) is 0. The van der Waals surface area contributed by atoms with E-state index in [1.165, 1.54) is 4.90 Å². The minimum atomic E-state index is -3.58. The SMILES string of the molecule is CC(C)(C)OC(=O)N1C[C@H](OC2CCCCO2)C[C@@H]1COS(C)(=O)=O. The molecule has 0 bridgehead atoms. The van der Waals surface area contributed by atoms with Crippen molar-refractivity contribution in [2.45, 2.75) is 70.5 Å². The molecule has 2 aliphatic rings. The van der Waals surface area contributed by atoms with Crippen LogP contribution in [0.5, 0.6) is 0 Å². The minimum Gasteiger partial charge on any atom is -0.444 e. The summed E-state index contributed by atoms with van der Waals surface area (Å²) in [4.78, 5) is 13.9. The van der Waals surface area contributed by atoms with E-state index in [9.17, 15) is 13.2 Å². The molecule has 0 aromatic heterocycles. The van der Waals surface area contributed by atoms with Gasteiger partial charge in [-0.15, -0.1) is 0 Å². The molecule has 2 aliphatic heterocycles. The fraction of sp³-hybridized carbons (Fsp3) is 0.938. The van der Waals surface area contributed by atoms with Crippen LogP contribution >= 0.6 is 0 Å². The van der Waals surface area contributed by atoms with Crippen LogP contribution in [0.3, 0.4) is 0 Å². The zero-order chi connectivity index (χ0) is 18.7. The smallest absolute Gasteiger partial charge is 0.410 e. The number of carbonyl (C=O) groups excluding carboxylic acids is 1. The predicted molar refractivity (Wildman–Crippen MR) is 90.6 cm³/mol. The van der Waals surface area contributed by atoms with Crippen molar-refractivity contribution in [1.29, 1.82) is 0 Å². The van der Waals surface area contributed by atoms with E-state index < -0.39 is 27.9 Å². The molecule has 0 N–H and O–H groups in total. The van der Waals surface area contributed by atoms with Gasteiger partial charge in [0, 0.05) is 6.61 Å². The van der Waals surface area contributed by atoms with Gasteiger partial charge in [-0.3, -0.25) is 4.18 Å². The largest absolute Gasteiger partial charge is 0.444 e. The standard InChI is InChI=1S/C16H29NO7S/c1-16(2,3)24-15(18)17-10-13(23-14-7-5-6-8-21-14)9-12(17)11-22-25(4,19)20/h12-14H,5-11H2,1-4H3/t12-,13-,14?/m1/s1. The van der Waals surface area contributed by atoms with Gasteiger partial charge in [0.2, 0.25) is 0 Å². The number of ether oxygens (including phenoxy) is 3. The number of carbonyl (C=O) groups is 1. The van der Waals surface area contributed by atoms with E-state index in [0.29, 0.717) is 19.6 Å². The summed E-state index contributed by atoms with van der Waals surface area (Å²) in [6.45, 7) is 6.25. The van der Waals surface area contributed by atoms with Crippen molar-refractivity contribution in [2.24, 2.45) is 0 Å². The van der Waals surface area contributed by atoms with E-state index in [-0.39, 0.29) is 19.0 Å². The van der Waals surface area contributed by atoms with E-state index >= 15 is 0 Å². The molecule has 0 saturated carbocycles. The van der Waals surface area contributed by atoms with Crippen molar-refractivity contribution in [1.82, 2.24) is 4.90 Å². The van der Waals surface area contributed by atoms with Crippen molar-refractivity contribution >= 4 is 16.2 Å². The topological polar surface area (TPSA) is 91.4 Å². The first kappa shape index (κ1) is 20.4. The highest BCUT2D eigenvalue weighted by molar-refractivity contribution is 7.85. The highest BCUT2D eigenvalue weighted by Crippen LogP contribution is 2.26. The molecule has 2 fully saturated rings. The van der Waals surface area contributed by atoms with Crippen LogP contribution in [0.25, 0.3) is 0 Å². The molecule has 3 atom stereocenters. The molecule has 9 heteroatoms. The molecule has 0 radical (unpaired) electrons. The molecule has 0 spiro atoms. The molecule has 0 aliphatic carbocycles. The quantitative estimate of drug-likeness (QED) is 0.674. The summed E-state index contributed by atoms with van der Waals surface area (Å²) in [5.74, 6) is 0. The van der Waals surface area contributed by atoms with E-state index in [0.717, 1.165) is 25.5 Å². The van der Waals surface area contributed by atoms with Crippen LogP contribution in [0.4, 0.5) is 4.79 Å². The number of likely N-dealkylation sites (tertiary alicyclic amines) is 1. The van der Waals surface area contributed by atoms with Gasteiger partial charge in [-0.05, 0) is 46.5 Å². The predicted octanol–water partition coefficient (Wildman–Crippen LogP) is 1.88. The number of hydrogen-bond acceptors (Lipinski definition) is 7. The summed E-state index contributed by atoms with van der Waals surface area (Å²) < 4.78 is 44.4. The van der Waals surface area contributed by atoms with E-state index in [1.807, 2.05) is 0 Å². The summed E-state index contributed by atoms with van der Waals surface area (Å²) in [7, 11) is -3.58. The molecule has 0 aromatic rings. The Hall–Kier alpha value is -0.900. The zero-order valence-electron chi connectivity index (χ0n) is 15.4. The highest BCUT2D eigenvalue weighted by Gasteiger charge is 2.40. The van der Waals surface area contributed by atoms with Crippen LogP contribution in [0.15, 0.2) is 0 Å². The molecular formula is C16H29NO7S. The van der Waals surface area contributed by atoms with Crippen molar-refractivity contribution in [3.63, 3.8) is 0 Å². The lowest BCUT2D eigenvalue weighted by Crippen LogP contribution is -2.42. The van der Waals surface area contributed by atoms with Crippen molar-refractivity contribution in [3.8, 4) is 0 Å². The molecule has 2 rings (SSSR count). The van der Waals surface area contributed by atoms with Gasteiger partial charge >= 0.3 is 6.09 Å². The van der Waals surface area contributed by atoms with Gasteiger partial charge in [-0.1, -0.05) is 0 Å². The lowest BCUT2D eigenvalue weighted by atomic mass is 10.2. The summed E-state index contributed by atoms with van der Waals surface area (Å²) in [5.41, 5.74) is -0.634. The Balaban J connectivity index is 1.99. The second-order valence-corrected chi connectivity index (χ2v) is 9.21. The van der Waals surface area contributed by atoms with Gasteiger partial charge in [0.15, 0.2) is 6.29 Å². The fourth-order valence-electron chi connectivity index (χ4n) is 2.91. The minimum absolute atomic E-state index is 0.108. The maximum atomic E-state index is 12.4. The zero-order valence-corrected chi connectivity index (χ0v) is 16.2. The maximum Gasteiger partial charge on any atom is 0.410 e. The third-order valence-electron chi connectivity index (χ3n) is 3.96. The lowest BCUT2D eigenvalue weighted by molar-refractivity contribution is -0.185. The van der Waals surface area contributed by atoms with Gasteiger partial charge in [0.05, 0.1) is 31.6 Å². The third kappa shape index (κ3) is 7.08. The highest BCUT2D eigenvalue weighted by atomic mass is 32.2. The monoisotopic (exact) mass is 379 g/mol. The van der Waals surface area contributed by atoms with E-state index in [4.69, 9.17) is 18.4 Å². The second-order valence-electron chi connectivity index (χ2n) is 7.57. The Labute approximate surface area is 149 Å². The van der Waals surface area contributed by atoms with Crippen LogP contribution < -0.4 is 0 Å². The summed E-state index contributed by atoms with van der Waals surface area (Å²) in [6, 6.07) is -0.418. The molecule has 2 heterocycles. The van der Waals surface area contributed by atoms with Crippen LogP contribution in [0.1, 0.15) is 46.5 Å². The Morgan fingerprint density at radius 3 is 2.56 bits per heavy atom. The number of rotatable bonds is 5. The Bertz CT molecular complexity index is 551. The van der Waals surface area contributed by atoms with Crippen LogP contribution in [-0.4, -0.2) is 69.5 Å². The Kier molecular flexibility index (Phi) is 6.69. The molecule has 2 saturated heterocycles. The summed E-state index contributed by atoms with van der Waals surface area (Å²) in [6.07, 6.45) is 3.38. The third-order valence-corrected chi connectivity index (χ3v) is 4.52. The molecule has 0 aromatic carbocycles. The second kappa shape index (κ2) is 8.20. The van der Waals surface area contributed by atoms with Crippen LogP contribution in [0.2, 0.25) is 0 Å². The molecule has 1 amide bonds. The number of nitrogens with zero attached hydrogens (tertiary/aromatic N) is 1. The van der Waals surface area contributed by atoms with Gasteiger partial charge in [0.25, 0.3) is 10.1 Å². The van der Waals surface area contributed by atoms with Gasteiger partial charge in [0.1, 0.15) is 5.60 Å². The van der Waals surface area contributed by atoms with Gasteiger partial charge in [-0.2, -0.15) is 8.42 Å². The van der Waals surface area contributed by atoms with Crippen molar-refractivity contribution < 1.29 is 31.6 Å². The molecule has 146 valence electrons. The van der Waals surface area contributed by atoms with E-state index in [2.05, 4.69) is 0 Å². The fourth-order valence-corrected chi connectivity index (χ4v) is 3.31. The van der Waals surface area contributed by atoms with Crippen molar-refractivity contribution in [2.75, 3.05) is 26.0 Å². The Morgan fingerprint density at radius 2 is 2.00 bits per heavy atom. The maximum absolute atomic E-state index is 12.4. The van der Waals surface area contributed by atoms with Crippen LogP contribution in [0, 0.1) is 0 Å². The molecule has 1 unspecified atom stereocenters. The molecule has 25 heavy (non-hydrogen) atoms. The Morgan fingerprint density at radius 1 is 1.28 bits per heavy atom. The normalized spacial score (nSPS) is 28.2. The first-order chi connectivity index (χ1) is 11.5. The van der Waals surface area contributed by atoms with E-state index in [1.54, 1.807) is 20.8 Å². The van der Waals surface area contributed by atoms with Gasteiger partial charge < -0.3 is 19.1 Å². The summed E-state index contributed by atoms with van der Waals surface area (Å²) in [5, 5.41) is 0. The molecule has 8 nitrogen and oxygen atoms in total. The average Bonchev–Trinajstić information content (AvgIpc) is 2.87.